The zero-order chi connectivity index (χ0) is 12.1. The molecule has 15 heavy (non-hydrogen) atoms. The van der Waals surface area contributed by atoms with E-state index in [1.165, 1.54) is 0 Å². The first kappa shape index (κ1) is 14.4. The lowest BCUT2D eigenvalue weighted by atomic mass is 9.89. The summed E-state index contributed by atoms with van der Waals surface area (Å²) in [7, 11) is 0. The Bertz CT molecular complexity index is 200. The average Bonchev–Trinajstić information content (AvgIpc) is 2.24. The molecular weight excluding hydrogens is 190 g/mol. The molecule has 0 fully saturated rings. The van der Waals surface area contributed by atoms with Gasteiger partial charge in [0.25, 0.3) is 0 Å². The van der Waals surface area contributed by atoms with Crippen molar-refractivity contribution in [2.24, 2.45) is 0 Å². The van der Waals surface area contributed by atoms with E-state index in [1.54, 1.807) is 0 Å². The normalized spacial score (nSPS) is 14.3. The Balaban J connectivity index is 5.09. The molecular formula is C12H25NO2. The van der Waals surface area contributed by atoms with Crippen molar-refractivity contribution in [1.82, 2.24) is 4.90 Å². The Morgan fingerprint density at radius 3 is 1.93 bits per heavy atom. The van der Waals surface area contributed by atoms with Gasteiger partial charge in [-0.05, 0) is 32.7 Å². The van der Waals surface area contributed by atoms with Crippen LogP contribution in [0.25, 0.3) is 0 Å². The summed E-state index contributed by atoms with van der Waals surface area (Å²) >= 11 is 0. The smallest absolute Gasteiger partial charge is 0.324 e. The van der Waals surface area contributed by atoms with Gasteiger partial charge in [-0.3, -0.25) is 9.69 Å². The first-order valence-electron chi connectivity index (χ1n) is 6.00. The predicted octanol–water partition coefficient (Wildman–Crippen LogP) is 2.75. The van der Waals surface area contributed by atoms with Gasteiger partial charge in [-0.2, -0.15) is 0 Å². The van der Waals surface area contributed by atoms with E-state index in [9.17, 15) is 9.90 Å². The Morgan fingerprint density at radius 1 is 1.27 bits per heavy atom. The third-order valence-corrected chi connectivity index (χ3v) is 3.58. The van der Waals surface area contributed by atoms with Crippen LogP contribution in [0, 0.1) is 0 Å². The van der Waals surface area contributed by atoms with E-state index < -0.39 is 11.5 Å². The topological polar surface area (TPSA) is 40.5 Å². The van der Waals surface area contributed by atoms with Gasteiger partial charge in [0.1, 0.15) is 5.54 Å². The fraction of sp³-hybridized carbons (Fsp3) is 0.917. The van der Waals surface area contributed by atoms with Gasteiger partial charge >= 0.3 is 5.97 Å². The van der Waals surface area contributed by atoms with Crippen molar-refractivity contribution in [3.05, 3.63) is 0 Å². The summed E-state index contributed by atoms with van der Waals surface area (Å²) in [6.07, 6.45) is 2.32. The Labute approximate surface area is 93.5 Å². The second-order valence-corrected chi connectivity index (χ2v) is 4.09. The summed E-state index contributed by atoms with van der Waals surface area (Å²) in [5.74, 6) is -0.686. The average molecular weight is 215 g/mol. The molecule has 0 rings (SSSR count). The van der Waals surface area contributed by atoms with E-state index in [0.29, 0.717) is 18.9 Å². The largest absolute Gasteiger partial charge is 0.480 e. The minimum Gasteiger partial charge on any atom is -0.480 e. The molecule has 0 aromatic carbocycles. The molecule has 1 unspecified atom stereocenters. The quantitative estimate of drug-likeness (QED) is 0.710. The molecule has 0 saturated carbocycles. The maximum atomic E-state index is 11.5. The molecule has 0 amide bonds. The molecule has 0 heterocycles. The summed E-state index contributed by atoms with van der Waals surface area (Å²) in [4.78, 5) is 13.6. The van der Waals surface area contributed by atoms with Crippen LogP contribution in [0.4, 0.5) is 0 Å². The second kappa shape index (κ2) is 6.11. The SMILES string of the molecule is CCC(C)N(CC)C(CC)(CC)C(=O)O. The van der Waals surface area contributed by atoms with Gasteiger partial charge in [-0.1, -0.05) is 27.7 Å². The Kier molecular flexibility index (Phi) is 5.88. The first-order chi connectivity index (χ1) is 6.99. The molecule has 1 atom stereocenters. The summed E-state index contributed by atoms with van der Waals surface area (Å²) in [6, 6.07) is 0.325. The molecule has 3 heteroatoms. The molecule has 0 spiro atoms. The van der Waals surface area contributed by atoms with Crippen LogP contribution < -0.4 is 0 Å². The van der Waals surface area contributed by atoms with Gasteiger partial charge in [0.05, 0.1) is 0 Å². The van der Waals surface area contributed by atoms with Gasteiger partial charge in [0.2, 0.25) is 0 Å². The highest BCUT2D eigenvalue weighted by atomic mass is 16.4. The number of likely N-dealkylation sites (N-methyl/N-ethyl adjacent to an activating group) is 1. The molecule has 0 radical (unpaired) electrons. The predicted molar refractivity (Wildman–Crippen MR) is 63.1 cm³/mol. The van der Waals surface area contributed by atoms with Crippen LogP contribution in [0.15, 0.2) is 0 Å². The van der Waals surface area contributed by atoms with E-state index >= 15 is 0 Å². The molecule has 0 aromatic rings. The molecule has 0 aliphatic rings. The maximum Gasteiger partial charge on any atom is 0.324 e. The molecule has 0 aromatic heterocycles. The zero-order valence-corrected chi connectivity index (χ0v) is 10.7. The summed E-state index contributed by atoms with van der Waals surface area (Å²) in [5.41, 5.74) is -0.676. The van der Waals surface area contributed by atoms with Gasteiger partial charge < -0.3 is 5.11 Å². The highest BCUT2D eigenvalue weighted by Crippen LogP contribution is 2.27. The van der Waals surface area contributed by atoms with E-state index in [1.807, 2.05) is 20.8 Å². The van der Waals surface area contributed by atoms with Crippen molar-refractivity contribution in [2.75, 3.05) is 6.54 Å². The van der Waals surface area contributed by atoms with Crippen LogP contribution in [-0.4, -0.2) is 34.1 Å². The Hall–Kier alpha value is -0.570. The van der Waals surface area contributed by atoms with Crippen molar-refractivity contribution >= 4 is 5.97 Å². The monoisotopic (exact) mass is 215 g/mol. The third-order valence-electron chi connectivity index (χ3n) is 3.58. The highest BCUT2D eigenvalue weighted by Gasteiger charge is 2.41. The maximum absolute atomic E-state index is 11.5. The van der Waals surface area contributed by atoms with E-state index in [-0.39, 0.29) is 0 Å². The van der Waals surface area contributed by atoms with Crippen LogP contribution in [0.3, 0.4) is 0 Å². The molecule has 1 N–H and O–H groups in total. The van der Waals surface area contributed by atoms with Gasteiger partial charge in [-0.15, -0.1) is 0 Å². The molecule has 0 saturated heterocycles. The van der Waals surface area contributed by atoms with Crippen LogP contribution >= 0.6 is 0 Å². The summed E-state index contributed by atoms with van der Waals surface area (Å²) < 4.78 is 0. The molecule has 90 valence electrons. The minimum absolute atomic E-state index is 0.325. The highest BCUT2D eigenvalue weighted by molar-refractivity contribution is 5.78. The zero-order valence-electron chi connectivity index (χ0n) is 10.7. The van der Waals surface area contributed by atoms with Crippen LogP contribution in [0.5, 0.6) is 0 Å². The van der Waals surface area contributed by atoms with Gasteiger partial charge in [0, 0.05) is 6.04 Å². The lowest BCUT2D eigenvalue weighted by Gasteiger charge is -2.42. The second-order valence-electron chi connectivity index (χ2n) is 4.09. The Morgan fingerprint density at radius 2 is 1.73 bits per heavy atom. The van der Waals surface area contributed by atoms with Crippen LogP contribution in [-0.2, 0) is 4.79 Å². The minimum atomic E-state index is -0.686. The van der Waals surface area contributed by atoms with E-state index in [2.05, 4.69) is 18.7 Å². The molecule has 3 nitrogen and oxygen atoms in total. The fourth-order valence-electron chi connectivity index (χ4n) is 2.34. The number of aliphatic carboxylic acids is 1. The van der Waals surface area contributed by atoms with Gasteiger partial charge in [-0.25, -0.2) is 0 Å². The number of nitrogens with zero attached hydrogens (tertiary/aromatic N) is 1. The number of carboxylic acid groups (broad SMARTS) is 1. The molecule has 0 aliphatic carbocycles. The van der Waals surface area contributed by atoms with Crippen LogP contribution in [0.2, 0.25) is 0 Å². The molecule has 0 bridgehead atoms. The first-order valence-corrected chi connectivity index (χ1v) is 6.00. The standard InChI is InChI=1S/C12H25NO2/c1-6-10(5)13(9-4)12(7-2,8-3)11(14)15/h10H,6-9H2,1-5H3,(H,14,15). The fourth-order valence-corrected chi connectivity index (χ4v) is 2.34. The van der Waals surface area contributed by atoms with Crippen LogP contribution in [0.1, 0.15) is 53.9 Å². The van der Waals surface area contributed by atoms with Gasteiger partial charge in [0.15, 0.2) is 0 Å². The lowest BCUT2D eigenvalue weighted by molar-refractivity contribution is -0.154. The van der Waals surface area contributed by atoms with Crippen molar-refractivity contribution in [3.63, 3.8) is 0 Å². The number of hydrogen-bond acceptors (Lipinski definition) is 2. The number of carbonyl (C=O) groups is 1. The number of carboxylic acids is 1. The van der Waals surface area contributed by atoms with E-state index in [0.717, 1.165) is 13.0 Å². The van der Waals surface area contributed by atoms with Crippen molar-refractivity contribution < 1.29 is 9.90 Å². The third kappa shape index (κ3) is 2.71. The van der Waals surface area contributed by atoms with Crippen molar-refractivity contribution in [3.8, 4) is 0 Å². The van der Waals surface area contributed by atoms with Crippen molar-refractivity contribution in [2.45, 2.75) is 65.5 Å². The number of hydrogen-bond donors (Lipinski definition) is 1. The van der Waals surface area contributed by atoms with E-state index in [4.69, 9.17) is 0 Å². The molecule has 0 aliphatic heterocycles. The lowest BCUT2D eigenvalue weighted by Crippen LogP contribution is -2.57. The van der Waals surface area contributed by atoms with Crippen molar-refractivity contribution in [1.29, 1.82) is 0 Å². The number of rotatable bonds is 7. The summed E-state index contributed by atoms with van der Waals surface area (Å²) in [6.45, 7) is 11.0. The summed E-state index contributed by atoms with van der Waals surface area (Å²) in [5, 5.41) is 9.43.